The molecule has 0 aromatic heterocycles. The summed E-state index contributed by atoms with van der Waals surface area (Å²) in [6.45, 7) is 14.9. The van der Waals surface area contributed by atoms with Gasteiger partial charge in [0.1, 0.15) is 35.0 Å². The van der Waals surface area contributed by atoms with Crippen LogP contribution in [0.2, 0.25) is 0 Å². The molecule has 100 heavy (non-hydrogen) atoms. The molecule has 0 radical (unpaired) electrons. The number of hydrogen-bond donors (Lipinski definition) is 2. The van der Waals surface area contributed by atoms with Crippen LogP contribution in [0.15, 0.2) is 276 Å². The Morgan fingerprint density at radius 2 is 0.640 bits per heavy atom. The maximum atomic E-state index is 14.6. The molecule has 0 aliphatic heterocycles. The van der Waals surface area contributed by atoms with Crippen LogP contribution in [-0.2, 0) is 77.8 Å². The summed E-state index contributed by atoms with van der Waals surface area (Å²) < 4.78 is 89.9. The minimum atomic E-state index is -4.35. The average molecular weight is 1390 g/mol. The van der Waals surface area contributed by atoms with Crippen LogP contribution in [0.25, 0.3) is 11.1 Å². The second kappa shape index (κ2) is 35.6. The van der Waals surface area contributed by atoms with Gasteiger partial charge in [-0.1, -0.05) is 206 Å². The molecular weight excluding hydrogens is 1300 g/mol. The molecule has 0 fully saturated rings. The first-order valence-corrected chi connectivity index (χ1v) is 36.4. The number of nitrogens with one attached hydrogen (secondary N) is 2. The highest BCUT2D eigenvalue weighted by molar-refractivity contribution is 7.87. The lowest BCUT2D eigenvalue weighted by atomic mass is 9.76. The lowest BCUT2D eigenvalue weighted by molar-refractivity contribution is -0.159. The van der Waals surface area contributed by atoms with Crippen LogP contribution in [0, 0.1) is 11.8 Å². The molecule has 18 heteroatoms. The van der Waals surface area contributed by atoms with Crippen molar-refractivity contribution in [2.45, 2.75) is 139 Å². The fraction of sp³-hybridized carbons (Fsp3) is 0.293. The molecule has 0 unspecified atom stereocenters. The molecule has 0 aliphatic rings. The molecule has 0 amide bonds. The van der Waals surface area contributed by atoms with Crippen molar-refractivity contribution in [1.29, 1.82) is 0 Å². The Kier molecular flexibility index (Phi) is 27.2. The molecule has 8 aromatic rings. The van der Waals surface area contributed by atoms with E-state index in [2.05, 4.69) is 10.6 Å². The van der Waals surface area contributed by atoms with E-state index >= 15 is 0 Å². The molecule has 16 nitrogen and oxygen atoms in total. The zero-order valence-corrected chi connectivity index (χ0v) is 59.8. The van der Waals surface area contributed by atoms with Gasteiger partial charge >= 0.3 is 23.9 Å². The third-order valence-electron chi connectivity index (χ3n) is 17.2. The minimum Gasteiger partial charge on any atom is -0.459 e. The van der Waals surface area contributed by atoms with Gasteiger partial charge in [0.2, 0.25) is 0 Å². The first kappa shape index (κ1) is 76.4. The van der Waals surface area contributed by atoms with Crippen molar-refractivity contribution < 1.29 is 63.3 Å². The van der Waals surface area contributed by atoms with Crippen molar-refractivity contribution >= 4 is 44.1 Å². The van der Waals surface area contributed by atoms with Gasteiger partial charge in [-0.15, -0.1) is 0 Å². The van der Waals surface area contributed by atoms with E-state index in [0.29, 0.717) is 28.4 Å². The number of esters is 4. The van der Waals surface area contributed by atoms with Gasteiger partial charge in [0.25, 0.3) is 20.2 Å². The smallest absolute Gasteiger partial charge is 0.328 e. The fourth-order valence-corrected chi connectivity index (χ4v) is 13.7. The van der Waals surface area contributed by atoms with Gasteiger partial charge in [-0.05, 0) is 188 Å². The predicted octanol–water partition coefficient (Wildman–Crippen LogP) is 16.0. The van der Waals surface area contributed by atoms with Crippen molar-refractivity contribution in [2.24, 2.45) is 11.8 Å². The molecule has 0 aliphatic carbocycles. The molecule has 4 atom stereocenters. The summed E-state index contributed by atoms with van der Waals surface area (Å²) in [5.41, 5.74) is 2.94. The highest BCUT2D eigenvalue weighted by atomic mass is 32.2. The van der Waals surface area contributed by atoms with Crippen LogP contribution < -0.4 is 10.6 Å². The number of hydrogen-bond acceptors (Lipinski definition) is 16. The summed E-state index contributed by atoms with van der Waals surface area (Å²) >= 11 is 0. The third-order valence-corrected chi connectivity index (χ3v) is 19.9. The second-order valence-corrected chi connectivity index (χ2v) is 28.6. The van der Waals surface area contributed by atoms with Crippen molar-refractivity contribution in [3.8, 4) is 11.1 Å². The van der Waals surface area contributed by atoms with E-state index in [4.69, 9.17) is 27.3 Å². The summed E-state index contributed by atoms with van der Waals surface area (Å²) in [6, 6.07) is 67.8. The molecule has 0 bridgehead atoms. The number of rotatable bonds is 34. The summed E-state index contributed by atoms with van der Waals surface area (Å²) in [4.78, 5) is 57.3. The molecule has 0 spiro atoms. The van der Waals surface area contributed by atoms with Gasteiger partial charge in [-0.3, -0.25) is 33.4 Å². The maximum absolute atomic E-state index is 14.6. The van der Waals surface area contributed by atoms with Gasteiger partial charge in [-0.25, -0.2) is 4.79 Å². The van der Waals surface area contributed by atoms with Crippen LogP contribution in [-0.4, -0.2) is 71.6 Å². The average Bonchev–Trinajstić information content (AvgIpc) is 0.758. The Hall–Kier alpha value is -9.40. The van der Waals surface area contributed by atoms with E-state index < -0.39 is 84.7 Å². The Morgan fingerprint density at radius 1 is 0.380 bits per heavy atom. The van der Waals surface area contributed by atoms with E-state index in [1.165, 1.54) is 24.3 Å². The van der Waals surface area contributed by atoms with Crippen LogP contribution in [0.5, 0.6) is 0 Å². The monoisotopic (exact) mass is 1390 g/mol. The van der Waals surface area contributed by atoms with E-state index in [0.717, 1.165) is 33.4 Å². The predicted molar refractivity (Wildman–Crippen MR) is 388 cm³/mol. The van der Waals surface area contributed by atoms with Crippen molar-refractivity contribution in [1.82, 2.24) is 10.6 Å². The first-order valence-electron chi connectivity index (χ1n) is 33.6. The summed E-state index contributed by atoms with van der Waals surface area (Å²) in [7, 11) is -8.69. The summed E-state index contributed by atoms with van der Waals surface area (Å²) in [5, 5.41) is 7.41. The Balaban J connectivity index is 0.940. The lowest BCUT2D eigenvalue weighted by Gasteiger charge is -2.40. The minimum absolute atomic E-state index is 0.0653. The van der Waals surface area contributed by atoms with Gasteiger partial charge in [0.15, 0.2) is 0 Å². The highest BCUT2D eigenvalue weighted by Gasteiger charge is 2.44. The Labute approximate surface area is 589 Å². The van der Waals surface area contributed by atoms with Crippen molar-refractivity contribution in [3.63, 3.8) is 0 Å². The zero-order chi connectivity index (χ0) is 71.9. The molecule has 0 saturated heterocycles. The number of carbonyl (C=O) groups excluding carboxylic acids is 4. The van der Waals surface area contributed by atoms with Gasteiger partial charge in [0.05, 0.1) is 45.9 Å². The SMILES string of the molecule is C/C=C(\C)OC(=O)[C@@H](CCCOS(=O)(=O)c1ccc(-c2ccc(S(=O)(=O)OCCC[C@@H](C[C@H](NC(c3ccccc3)(c3ccccc3)c3ccccc3)C(=O)OC(C)(C)C)C(=O)O/C(C)=C/C)cc2)cc1)C[C@H](NC(c1ccccc1)(c1ccccc1)c1ccccc1)C(=O)O/C(C)=C/C. The van der Waals surface area contributed by atoms with E-state index in [9.17, 15) is 36.0 Å². The normalized spacial score (nSPS) is 13.9. The topological polar surface area (TPSA) is 216 Å². The van der Waals surface area contributed by atoms with Crippen LogP contribution in [0.3, 0.4) is 0 Å². The molecule has 2 N–H and O–H groups in total. The second-order valence-electron chi connectivity index (χ2n) is 25.3. The zero-order valence-electron chi connectivity index (χ0n) is 58.2. The van der Waals surface area contributed by atoms with E-state index in [-0.39, 0.29) is 61.5 Å². The van der Waals surface area contributed by atoms with Crippen molar-refractivity contribution in [2.75, 3.05) is 13.2 Å². The fourth-order valence-electron chi connectivity index (χ4n) is 11.8. The Bertz CT molecular complexity index is 4110. The van der Waals surface area contributed by atoms with Crippen LogP contribution >= 0.6 is 0 Å². The van der Waals surface area contributed by atoms with Gasteiger partial charge in [0, 0.05) is 0 Å². The summed E-state index contributed by atoms with van der Waals surface area (Å²) in [5.74, 6) is -3.31. The van der Waals surface area contributed by atoms with Crippen molar-refractivity contribution in [3.05, 3.63) is 299 Å². The molecule has 0 saturated carbocycles. The molecular formula is C82H90N2O14S2. The molecule has 0 heterocycles. The Morgan fingerprint density at radius 3 is 0.900 bits per heavy atom. The number of allylic oxidation sites excluding steroid dienone is 6. The quantitative estimate of drug-likeness (QED) is 0.00957. The van der Waals surface area contributed by atoms with Gasteiger partial charge < -0.3 is 18.9 Å². The maximum Gasteiger partial charge on any atom is 0.328 e. The largest absolute Gasteiger partial charge is 0.459 e. The van der Waals surface area contributed by atoms with Crippen LogP contribution in [0.1, 0.15) is 134 Å². The molecule has 8 rings (SSSR count). The molecule has 524 valence electrons. The third kappa shape index (κ3) is 20.2. The number of benzene rings is 8. The van der Waals surface area contributed by atoms with Crippen LogP contribution in [0.4, 0.5) is 0 Å². The standard InChI is InChI=1S/C82H90N2O14S2/c1-10-59(4)95-76(85)64(57-74(78(87)97-61(6)12-3)83-81(66-35-19-13-20-36-66,67-37-21-14-22-38-67)68-39-23-15-24-40-68)33-31-55-93-99(89,90)72-51-47-62(48-52-72)63-49-53-73(54-50-63)100(91,92)94-56-32-34-65(77(86)96-60(5)11-2)58-75(79(88)98-80(7,8)9)84-82(69-41-25-16-26-42-69,70-43-27-17-28-44-70)71-45-29-18-30-46-71/h10-30,35-54,64-65,74-75,83-84H,31-34,55-58H2,1-9H3/b59-10+,60-11+,61-12+/t64-,65-,74-,75-/m0/s1. The number of carbonyl (C=O) groups is 4. The number of ether oxygens (including phenoxy) is 4. The van der Waals surface area contributed by atoms with Gasteiger partial charge in [-0.2, -0.15) is 16.8 Å². The summed E-state index contributed by atoms with van der Waals surface area (Å²) in [6.07, 6.45) is 5.06. The lowest BCUT2D eigenvalue weighted by Crippen LogP contribution is -2.54. The van der Waals surface area contributed by atoms with E-state index in [1.54, 1.807) is 105 Å². The first-order chi connectivity index (χ1) is 47.9. The van der Waals surface area contributed by atoms with E-state index in [1.807, 2.05) is 182 Å². The molecule has 8 aromatic carbocycles. The highest BCUT2D eigenvalue weighted by Crippen LogP contribution is 2.41.